The molecule has 15 heavy (non-hydrogen) atoms. The minimum atomic E-state index is -1.59. The smallest absolute Gasteiger partial charge is 0.182 e. The van der Waals surface area contributed by atoms with E-state index in [4.69, 9.17) is 0 Å². The summed E-state index contributed by atoms with van der Waals surface area (Å²) in [6.07, 6.45) is 2.08. The van der Waals surface area contributed by atoms with Crippen LogP contribution in [0.1, 0.15) is 19.8 Å². The summed E-state index contributed by atoms with van der Waals surface area (Å²) >= 11 is 0. The van der Waals surface area contributed by atoms with Crippen molar-refractivity contribution in [1.29, 1.82) is 0 Å². The maximum atomic E-state index is 10.6. The third-order valence-corrected chi connectivity index (χ3v) is 3.81. The van der Waals surface area contributed by atoms with Gasteiger partial charge in [-0.2, -0.15) is 0 Å². The number of aliphatic hydroxyl groups excluding tert-OH is 1. The number of hydrogen-bond donors (Lipinski definition) is 4. The zero-order valence-corrected chi connectivity index (χ0v) is 9.11. The van der Waals surface area contributed by atoms with Gasteiger partial charge in [0.15, 0.2) is 11.4 Å². The van der Waals surface area contributed by atoms with Crippen LogP contribution in [0.3, 0.4) is 0 Å². The molecule has 2 fully saturated rings. The Morgan fingerprint density at radius 2 is 1.93 bits per heavy atom. The summed E-state index contributed by atoms with van der Waals surface area (Å²) in [6, 6.07) is 0. The Bertz CT molecular complexity index is 245. The molecule has 5 heteroatoms. The van der Waals surface area contributed by atoms with Crippen LogP contribution >= 0.6 is 0 Å². The second-order valence-corrected chi connectivity index (χ2v) is 4.72. The zero-order chi connectivity index (χ0) is 11.1. The summed E-state index contributed by atoms with van der Waals surface area (Å²) in [7, 11) is 0. The SMILES string of the molecule is CC1CNC(O)(CO)C1(O)N1CCCC1. The molecule has 0 amide bonds. The molecule has 0 aromatic carbocycles. The van der Waals surface area contributed by atoms with Crippen molar-refractivity contribution >= 4 is 0 Å². The normalized spacial score (nSPS) is 47.6. The third-order valence-electron chi connectivity index (χ3n) is 3.81. The minimum absolute atomic E-state index is 0.0900. The van der Waals surface area contributed by atoms with Crippen molar-refractivity contribution in [2.24, 2.45) is 5.92 Å². The number of hydrogen-bond acceptors (Lipinski definition) is 5. The van der Waals surface area contributed by atoms with Crippen molar-refractivity contribution in [3.8, 4) is 0 Å². The summed E-state index contributed by atoms with van der Waals surface area (Å²) in [5.74, 6) is -0.0900. The van der Waals surface area contributed by atoms with E-state index < -0.39 is 18.1 Å². The topological polar surface area (TPSA) is 76.0 Å². The molecule has 0 saturated carbocycles. The molecule has 2 saturated heterocycles. The molecule has 0 aromatic rings. The molecule has 4 N–H and O–H groups in total. The summed E-state index contributed by atoms with van der Waals surface area (Å²) in [6.45, 7) is 3.50. The summed E-state index contributed by atoms with van der Waals surface area (Å²) in [5.41, 5.74) is -2.92. The Kier molecular flexibility index (Phi) is 2.77. The Balaban J connectivity index is 2.28. The quantitative estimate of drug-likeness (QED) is 0.461. The van der Waals surface area contributed by atoms with Gasteiger partial charge in [0.25, 0.3) is 0 Å². The first-order valence-electron chi connectivity index (χ1n) is 5.60. The van der Waals surface area contributed by atoms with Gasteiger partial charge in [0.1, 0.15) is 0 Å². The molecular weight excluding hydrogens is 196 g/mol. The molecule has 2 aliphatic heterocycles. The number of likely N-dealkylation sites (tertiary alicyclic amines) is 1. The fraction of sp³-hybridized carbons (Fsp3) is 1.00. The highest BCUT2D eigenvalue weighted by atomic mass is 16.4. The van der Waals surface area contributed by atoms with Gasteiger partial charge in [0.05, 0.1) is 6.61 Å². The molecule has 88 valence electrons. The van der Waals surface area contributed by atoms with Crippen LogP contribution in [0.2, 0.25) is 0 Å². The molecule has 3 atom stereocenters. The lowest BCUT2D eigenvalue weighted by atomic mass is 9.91. The Morgan fingerprint density at radius 3 is 2.47 bits per heavy atom. The zero-order valence-electron chi connectivity index (χ0n) is 9.11. The molecule has 2 aliphatic rings. The van der Waals surface area contributed by atoms with Crippen LogP contribution in [0.15, 0.2) is 0 Å². The van der Waals surface area contributed by atoms with E-state index in [0.717, 1.165) is 25.9 Å². The van der Waals surface area contributed by atoms with Crippen molar-refractivity contribution in [3.05, 3.63) is 0 Å². The van der Waals surface area contributed by atoms with Gasteiger partial charge in [0, 0.05) is 25.6 Å². The maximum Gasteiger partial charge on any atom is 0.182 e. The van der Waals surface area contributed by atoms with Crippen LogP contribution in [0.25, 0.3) is 0 Å². The van der Waals surface area contributed by atoms with Crippen molar-refractivity contribution in [3.63, 3.8) is 0 Å². The number of nitrogens with zero attached hydrogens (tertiary/aromatic N) is 1. The van der Waals surface area contributed by atoms with Gasteiger partial charge >= 0.3 is 0 Å². The van der Waals surface area contributed by atoms with Crippen LogP contribution in [-0.4, -0.2) is 57.9 Å². The van der Waals surface area contributed by atoms with Crippen molar-refractivity contribution in [2.45, 2.75) is 31.2 Å². The van der Waals surface area contributed by atoms with Gasteiger partial charge in [0.2, 0.25) is 0 Å². The summed E-state index contributed by atoms with van der Waals surface area (Å²) < 4.78 is 0. The Labute approximate surface area is 89.7 Å². The van der Waals surface area contributed by atoms with Crippen LogP contribution in [0, 0.1) is 5.92 Å². The highest BCUT2D eigenvalue weighted by Crippen LogP contribution is 2.38. The van der Waals surface area contributed by atoms with E-state index in [1.54, 1.807) is 0 Å². The predicted molar refractivity (Wildman–Crippen MR) is 55.0 cm³/mol. The van der Waals surface area contributed by atoms with Gasteiger partial charge < -0.3 is 15.3 Å². The monoisotopic (exact) mass is 216 g/mol. The average molecular weight is 216 g/mol. The standard InChI is InChI=1S/C10H20N2O3/c1-8-6-11-9(14,7-13)10(8,15)12-4-2-3-5-12/h8,11,13-15H,2-7H2,1H3. The molecule has 2 heterocycles. The lowest BCUT2D eigenvalue weighted by Crippen LogP contribution is -2.68. The van der Waals surface area contributed by atoms with Gasteiger partial charge in [-0.3, -0.25) is 10.2 Å². The number of aliphatic hydroxyl groups is 3. The van der Waals surface area contributed by atoms with Crippen LogP contribution in [-0.2, 0) is 0 Å². The lowest BCUT2D eigenvalue weighted by Gasteiger charge is -2.45. The number of rotatable bonds is 2. The lowest BCUT2D eigenvalue weighted by molar-refractivity contribution is -0.246. The van der Waals surface area contributed by atoms with Crippen molar-refractivity contribution < 1.29 is 15.3 Å². The van der Waals surface area contributed by atoms with E-state index in [1.165, 1.54) is 0 Å². The largest absolute Gasteiger partial charge is 0.392 e. The van der Waals surface area contributed by atoms with E-state index >= 15 is 0 Å². The van der Waals surface area contributed by atoms with Crippen LogP contribution < -0.4 is 5.32 Å². The molecule has 0 radical (unpaired) electrons. The predicted octanol–water partition coefficient (Wildman–Crippen LogP) is -1.31. The van der Waals surface area contributed by atoms with Crippen LogP contribution in [0.4, 0.5) is 0 Å². The number of nitrogens with one attached hydrogen (secondary N) is 1. The fourth-order valence-corrected chi connectivity index (χ4v) is 2.81. The minimum Gasteiger partial charge on any atom is -0.392 e. The van der Waals surface area contributed by atoms with E-state index in [-0.39, 0.29) is 5.92 Å². The maximum absolute atomic E-state index is 10.6. The molecule has 3 unspecified atom stereocenters. The van der Waals surface area contributed by atoms with Crippen molar-refractivity contribution in [1.82, 2.24) is 10.2 Å². The first-order valence-corrected chi connectivity index (χ1v) is 5.60. The van der Waals surface area contributed by atoms with E-state index in [2.05, 4.69) is 5.32 Å². The van der Waals surface area contributed by atoms with Gasteiger partial charge in [-0.1, -0.05) is 6.92 Å². The Hall–Kier alpha value is -0.200. The fourth-order valence-electron chi connectivity index (χ4n) is 2.81. The third kappa shape index (κ3) is 1.42. The first-order chi connectivity index (χ1) is 7.04. The molecule has 0 aromatic heterocycles. The van der Waals surface area contributed by atoms with E-state index in [9.17, 15) is 15.3 Å². The van der Waals surface area contributed by atoms with Gasteiger partial charge in [-0.15, -0.1) is 0 Å². The van der Waals surface area contributed by atoms with Gasteiger partial charge in [-0.05, 0) is 12.8 Å². The van der Waals surface area contributed by atoms with E-state index in [0.29, 0.717) is 6.54 Å². The summed E-state index contributed by atoms with van der Waals surface area (Å²) in [4.78, 5) is 1.88. The first kappa shape index (κ1) is 11.3. The second kappa shape index (κ2) is 3.68. The average Bonchev–Trinajstić information content (AvgIpc) is 2.83. The molecule has 0 aliphatic carbocycles. The molecule has 2 rings (SSSR count). The summed E-state index contributed by atoms with van der Waals surface area (Å²) in [5, 5.41) is 32.9. The highest BCUT2D eigenvalue weighted by molar-refractivity contribution is 5.07. The molecule has 0 bridgehead atoms. The highest BCUT2D eigenvalue weighted by Gasteiger charge is 2.60. The Morgan fingerprint density at radius 1 is 1.33 bits per heavy atom. The molecular formula is C10H20N2O3. The molecule has 5 nitrogen and oxygen atoms in total. The van der Waals surface area contributed by atoms with Crippen molar-refractivity contribution in [2.75, 3.05) is 26.2 Å². The van der Waals surface area contributed by atoms with E-state index in [1.807, 2.05) is 11.8 Å². The van der Waals surface area contributed by atoms with Gasteiger partial charge in [-0.25, -0.2) is 0 Å². The molecule has 0 spiro atoms. The second-order valence-electron chi connectivity index (χ2n) is 4.72. The van der Waals surface area contributed by atoms with Crippen LogP contribution in [0.5, 0.6) is 0 Å².